The molecule has 0 radical (unpaired) electrons. The first-order valence-corrected chi connectivity index (χ1v) is 9.33. The Kier molecular flexibility index (Phi) is 5.33. The number of halogens is 1. The maximum Gasteiger partial charge on any atom is 0.276 e. The van der Waals surface area contributed by atoms with Gasteiger partial charge >= 0.3 is 0 Å². The Morgan fingerprint density at radius 3 is 2.66 bits per heavy atom. The van der Waals surface area contributed by atoms with Crippen molar-refractivity contribution in [3.8, 4) is 11.3 Å². The zero-order chi connectivity index (χ0) is 20.2. The smallest absolute Gasteiger partial charge is 0.276 e. The molecule has 29 heavy (non-hydrogen) atoms. The van der Waals surface area contributed by atoms with Crippen molar-refractivity contribution >= 4 is 11.8 Å². The van der Waals surface area contributed by atoms with E-state index in [0.717, 1.165) is 0 Å². The molecule has 148 valence electrons. The number of hydrogen-bond acceptors (Lipinski definition) is 5. The normalized spacial score (nSPS) is 14.6. The summed E-state index contributed by atoms with van der Waals surface area (Å²) < 4.78 is 19.1. The van der Waals surface area contributed by atoms with Crippen molar-refractivity contribution in [3.63, 3.8) is 0 Å². The minimum absolute atomic E-state index is 0.0157. The van der Waals surface area contributed by atoms with Gasteiger partial charge in [-0.1, -0.05) is 17.3 Å². The number of rotatable bonds is 4. The predicted octanol–water partition coefficient (Wildman–Crippen LogP) is 2.91. The average Bonchev–Trinajstić information content (AvgIpc) is 3.25. The predicted molar refractivity (Wildman–Crippen MR) is 103 cm³/mol. The molecule has 2 aromatic heterocycles. The van der Waals surface area contributed by atoms with E-state index in [1.54, 1.807) is 41.4 Å². The molecule has 1 aliphatic heterocycles. The lowest BCUT2D eigenvalue weighted by Gasteiger charge is -2.31. The van der Waals surface area contributed by atoms with Crippen LogP contribution in [0, 0.1) is 5.82 Å². The number of hydrogen-bond donors (Lipinski definition) is 1. The summed E-state index contributed by atoms with van der Waals surface area (Å²) in [7, 11) is 0. The molecule has 8 heteroatoms. The highest BCUT2D eigenvalue weighted by Gasteiger charge is 2.27. The number of carbonyl (C=O) groups is 2. The Hall–Kier alpha value is -3.55. The van der Waals surface area contributed by atoms with Gasteiger partial charge in [0.2, 0.25) is 0 Å². The van der Waals surface area contributed by atoms with Crippen LogP contribution < -0.4 is 5.32 Å². The summed E-state index contributed by atoms with van der Waals surface area (Å²) in [6, 6.07) is 11.0. The van der Waals surface area contributed by atoms with Crippen molar-refractivity contribution in [2.24, 2.45) is 0 Å². The molecule has 1 fully saturated rings. The summed E-state index contributed by atoms with van der Waals surface area (Å²) in [6.45, 7) is 0.970. The SMILES string of the molecule is O=C(NC1CCN(C(=O)c2cc(-c3ccccc3F)on2)CC1)c1cccnc1. The van der Waals surface area contributed by atoms with Crippen LogP contribution >= 0.6 is 0 Å². The zero-order valence-corrected chi connectivity index (χ0v) is 15.5. The third-order valence-corrected chi connectivity index (χ3v) is 4.91. The number of piperidine rings is 1. The number of aromatic nitrogens is 2. The highest BCUT2D eigenvalue weighted by molar-refractivity contribution is 5.94. The molecular weight excluding hydrogens is 375 g/mol. The molecule has 0 aliphatic carbocycles. The largest absolute Gasteiger partial charge is 0.355 e. The van der Waals surface area contributed by atoms with Crippen molar-refractivity contribution in [1.29, 1.82) is 0 Å². The number of nitrogens with zero attached hydrogens (tertiary/aromatic N) is 3. The minimum atomic E-state index is -0.437. The van der Waals surface area contributed by atoms with E-state index in [0.29, 0.717) is 31.5 Å². The molecule has 1 aliphatic rings. The first kappa shape index (κ1) is 18.8. The molecule has 3 aromatic rings. The van der Waals surface area contributed by atoms with Gasteiger partial charge in [0.1, 0.15) is 5.82 Å². The fourth-order valence-electron chi connectivity index (χ4n) is 3.32. The van der Waals surface area contributed by atoms with Gasteiger partial charge in [-0.3, -0.25) is 14.6 Å². The monoisotopic (exact) mass is 394 g/mol. The van der Waals surface area contributed by atoms with Crippen molar-refractivity contribution in [3.05, 3.63) is 71.9 Å². The quantitative estimate of drug-likeness (QED) is 0.735. The van der Waals surface area contributed by atoms with Crippen LogP contribution in [0.4, 0.5) is 4.39 Å². The van der Waals surface area contributed by atoms with E-state index in [1.165, 1.54) is 18.3 Å². The minimum Gasteiger partial charge on any atom is -0.355 e. The lowest BCUT2D eigenvalue weighted by molar-refractivity contribution is 0.0688. The fraction of sp³-hybridized carbons (Fsp3) is 0.238. The Morgan fingerprint density at radius 1 is 1.14 bits per heavy atom. The zero-order valence-electron chi connectivity index (χ0n) is 15.5. The molecule has 0 saturated carbocycles. The van der Waals surface area contributed by atoms with Gasteiger partial charge in [-0.25, -0.2) is 4.39 Å². The molecule has 0 atom stereocenters. The van der Waals surface area contributed by atoms with E-state index >= 15 is 0 Å². The van der Waals surface area contributed by atoms with Crippen molar-refractivity contribution < 1.29 is 18.5 Å². The van der Waals surface area contributed by atoms with E-state index in [-0.39, 0.29) is 34.9 Å². The molecular formula is C21H19FN4O3. The summed E-state index contributed by atoms with van der Waals surface area (Å²) in [6.07, 6.45) is 4.40. The summed E-state index contributed by atoms with van der Waals surface area (Å²) in [5, 5.41) is 6.78. The van der Waals surface area contributed by atoms with Gasteiger partial charge in [-0.2, -0.15) is 0 Å². The van der Waals surface area contributed by atoms with Crippen molar-refractivity contribution in [2.75, 3.05) is 13.1 Å². The second kappa shape index (κ2) is 8.22. The number of nitrogens with one attached hydrogen (secondary N) is 1. The third-order valence-electron chi connectivity index (χ3n) is 4.91. The first-order chi connectivity index (χ1) is 14.1. The topological polar surface area (TPSA) is 88.3 Å². The van der Waals surface area contributed by atoms with Crippen LogP contribution in [-0.4, -0.2) is 46.0 Å². The second-order valence-corrected chi connectivity index (χ2v) is 6.84. The summed E-state index contributed by atoms with van der Waals surface area (Å²) in [5.74, 6) is -0.667. The highest BCUT2D eigenvalue weighted by atomic mass is 19.1. The lowest BCUT2D eigenvalue weighted by atomic mass is 10.0. The molecule has 1 aromatic carbocycles. The molecule has 0 bridgehead atoms. The Bertz CT molecular complexity index is 1010. The van der Waals surface area contributed by atoms with Crippen LogP contribution in [0.3, 0.4) is 0 Å². The van der Waals surface area contributed by atoms with Gasteiger partial charge in [0, 0.05) is 37.6 Å². The molecule has 3 heterocycles. The van der Waals surface area contributed by atoms with Gasteiger partial charge in [0.05, 0.1) is 11.1 Å². The molecule has 0 unspecified atom stereocenters. The van der Waals surface area contributed by atoms with Crippen molar-refractivity contribution in [1.82, 2.24) is 20.4 Å². The molecule has 0 spiro atoms. The molecule has 7 nitrogen and oxygen atoms in total. The van der Waals surface area contributed by atoms with E-state index in [1.807, 2.05) is 0 Å². The number of benzene rings is 1. The summed E-state index contributed by atoms with van der Waals surface area (Å²) >= 11 is 0. The van der Waals surface area contributed by atoms with Crippen molar-refractivity contribution in [2.45, 2.75) is 18.9 Å². The maximum absolute atomic E-state index is 13.9. The van der Waals surface area contributed by atoms with Gasteiger partial charge in [0.25, 0.3) is 11.8 Å². The van der Waals surface area contributed by atoms with Crippen LogP contribution in [-0.2, 0) is 0 Å². The number of pyridine rings is 1. The molecule has 4 rings (SSSR count). The van der Waals surface area contributed by atoms with Gasteiger partial charge in [0.15, 0.2) is 11.5 Å². The van der Waals surface area contributed by atoms with Gasteiger partial charge in [-0.15, -0.1) is 0 Å². The first-order valence-electron chi connectivity index (χ1n) is 9.33. The Balaban J connectivity index is 1.35. The highest BCUT2D eigenvalue weighted by Crippen LogP contribution is 2.24. The summed E-state index contributed by atoms with van der Waals surface area (Å²) in [5.41, 5.74) is 0.909. The fourth-order valence-corrected chi connectivity index (χ4v) is 3.32. The average molecular weight is 394 g/mol. The Labute approximate surface area is 166 Å². The number of carbonyl (C=O) groups excluding carboxylic acids is 2. The van der Waals surface area contributed by atoms with Gasteiger partial charge in [-0.05, 0) is 37.1 Å². The van der Waals surface area contributed by atoms with E-state index in [4.69, 9.17) is 4.52 Å². The summed E-state index contributed by atoms with van der Waals surface area (Å²) in [4.78, 5) is 30.5. The molecule has 2 amide bonds. The van der Waals surface area contributed by atoms with E-state index in [2.05, 4.69) is 15.5 Å². The molecule has 1 N–H and O–H groups in total. The van der Waals surface area contributed by atoms with Crippen LogP contribution in [0.25, 0.3) is 11.3 Å². The lowest BCUT2D eigenvalue weighted by Crippen LogP contribution is -2.46. The second-order valence-electron chi connectivity index (χ2n) is 6.84. The van der Waals surface area contributed by atoms with E-state index < -0.39 is 5.82 Å². The number of amides is 2. The van der Waals surface area contributed by atoms with Crippen LogP contribution in [0.2, 0.25) is 0 Å². The van der Waals surface area contributed by atoms with Crippen LogP contribution in [0.15, 0.2) is 59.4 Å². The third kappa shape index (κ3) is 4.16. The standard InChI is InChI=1S/C21H19FN4O3/c22-17-6-2-1-5-16(17)19-12-18(25-29-19)21(28)26-10-7-15(8-11-26)24-20(27)14-4-3-9-23-13-14/h1-6,9,12-13,15H,7-8,10-11H2,(H,24,27). The number of likely N-dealkylation sites (tertiary alicyclic amines) is 1. The van der Waals surface area contributed by atoms with Gasteiger partial charge < -0.3 is 14.7 Å². The van der Waals surface area contributed by atoms with E-state index in [9.17, 15) is 14.0 Å². The Morgan fingerprint density at radius 2 is 1.93 bits per heavy atom. The maximum atomic E-state index is 13.9. The van der Waals surface area contributed by atoms with Crippen LogP contribution in [0.5, 0.6) is 0 Å². The molecule has 1 saturated heterocycles. The van der Waals surface area contributed by atoms with Crippen LogP contribution in [0.1, 0.15) is 33.7 Å².